The van der Waals surface area contributed by atoms with Crippen molar-refractivity contribution in [2.24, 2.45) is 0 Å². The Balaban J connectivity index is 2.17. The van der Waals surface area contributed by atoms with Crippen LogP contribution in [0.2, 0.25) is 0 Å². The van der Waals surface area contributed by atoms with Crippen LogP contribution in [-0.2, 0) is 0 Å². The van der Waals surface area contributed by atoms with E-state index < -0.39 is 0 Å². The molecule has 1 saturated heterocycles. The first kappa shape index (κ1) is 17.4. The highest BCUT2D eigenvalue weighted by molar-refractivity contribution is 4.91. The van der Waals surface area contributed by atoms with E-state index in [9.17, 15) is 0 Å². The van der Waals surface area contributed by atoms with Crippen molar-refractivity contribution in [2.75, 3.05) is 59.9 Å². The van der Waals surface area contributed by atoms with Crippen LogP contribution in [0.5, 0.6) is 0 Å². The summed E-state index contributed by atoms with van der Waals surface area (Å²) in [7, 11) is 4.25. The molecule has 5 nitrogen and oxygen atoms in total. The summed E-state index contributed by atoms with van der Waals surface area (Å²) in [5, 5.41) is 12.4. The smallest absolute Gasteiger partial charge is 0.0967 e. The Hall–Kier alpha value is -0.670. The van der Waals surface area contributed by atoms with Crippen molar-refractivity contribution < 1.29 is 0 Å². The van der Waals surface area contributed by atoms with Crippen molar-refractivity contribution in [2.45, 2.75) is 32.4 Å². The molecule has 1 fully saturated rings. The highest BCUT2D eigenvalue weighted by atomic mass is 15.3. The van der Waals surface area contributed by atoms with Crippen molar-refractivity contribution in [1.29, 1.82) is 5.26 Å². The average Bonchev–Trinajstić information content (AvgIpc) is 2.41. The van der Waals surface area contributed by atoms with E-state index >= 15 is 0 Å². The van der Waals surface area contributed by atoms with Crippen LogP contribution in [0.4, 0.5) is 0 Å². The Labute approximate surface area is 124 Å². The molecule has 0 radical (unpaired) electrons. The quantitative estimate of drug-likeness (QED) is 0.700. The third-order valence-electron chi connectivity index (χ3n) is 3.75. The van der Waals surface area contributed by atoms with Crippen molar-refractivity contribution in [3.63, 3.8) is 0 Å². The number of nitrogens with zero attached hydrogens (tertiary/aromatic N) is 4. The standard InChI is InChI=1S/C15H31N5/c1-14(2)17-15(13-16)5-6-19-9-11-20(12-10-19)8-7-18(3)4/h14-15,17H,5-12H2,1-4H3. The van der Waals surface area contributed by atoms with Gasteiger partial charge in [0.05, 0.1) is 12.1 Å². The fraction of sp³-hybridized carbons (Fsp3) is 0.933. The largest absolute Gasteiger partial charge is 0.308 e. The molecule has 0 spiro atoms. The average molecular weight is 281 g/mol. The maximum Gasteiger partial charge on any atom is 0.0967 e. The third kappa shape index (κ3) is 7.20. The van der Waals surface area contributed by atoms with Gasteiger partial charge in [-0.25, -0.2) is 0 Å². The molecule has 20 heavy (non-hydrogen) atoms. The van der Waals surface area contributed by atoms with E-state index in [1.165, 1.54) is 0 Å². The van der Waals surface area contributed by atoms with E-state index in [4.69, 9.17) is 5.26 Å². The highest BCUT2D eigenvalue weighted by Crippen LogP contribution is 2.04. The van der Waals surface area contributed by atoms with Crippen LogP contribution in [-0.4, -0.2) is 86.7 Å². The predicted octanol–water partition coefficient (Wildman–Crippen LogP) is 0.446. The van der Waals surface area contributed by atoms with Gasteiger partial charge in [0, 0.05) is 51.9 Å². The highest BCUT2D eigenvalue weighted by Gasteiger charge is 2.18. The van der Waals surface area contributed by atoms with Gasteiger partial charge in [0.15, 0.2) is 0 Å². The molecule has 0 bridgehead atoms. The lowest BCUT2D eigenvalue weighted by molar-refractivity contribution is 0.123. The Morgan fingerprint density at radius 2 is 1.65 bits per heavy atom. The minimum Gasteiger partial charge on any atom is -0.308 e. The topological polar surface area (TPSA) is 45.5 Å². The number of rotatable bonds is 8. The summed E-state index contributed by atoms with van der Waals surface area (Å²) >= 11 is 0. The Kier molecular flexibility index (Phi) is 8.08. The van der Waals surface area contributed by atoms with Gasteiger partial charge in [-0.15, -0.1) is 0 Å². The van der Waals surface area contributed by atoms with E-state index in [1.807, 2.05) is 0 Å². The lowest BCUT2D eigenvalue weighted by atomic mass is 10.2. The van der Waals surface area contributed by atoms with Crippen LogP contribution >= 0.6 is 0 Å². The first-order valence-electron chi connectivity index (χ1n) is 7.76. The number of hydrogen-bond donors (Lipinski definition) is 1. The predicted molar refractivity (Wildman–Crippen MR) is 83.7 cm³/mol. The van der Waals surface area contributed by atoms with E-state index in [2.05, 4.69) is 54.0 Å². The van der Waals surface area contributed by atoms with Crippen molar-refractivity contribution in [1.82, 2.24) is 20.0 Å². The van der Waals surface area contributed by atoms with Crippen LogP contribution in [0.3, 0.4) is 0 Å². The molecule has 1 heterocycles. The van der Waals surface area contributed by atoms with Crippen LogP contribution in [0, 0.1) is 11.3 Å². The van der Waals surface area contributed by atoms with Gasteiger partial charge in [-0.2, -0.15) is 5.26 Å². The second-order valence-electron chi connectivity index (χ2n) is 6.28. The minimum absolute atomic E-state index is 0.0122. The van der Waals surface area contributed by atoms with Gasteiger partial charge in [-0.3, -0.25) is 10.2 Å². The lowest BCUT2D eigenvalue weighted by Gasteiger charge is -2.35. The maximum absolute atomic E-state index is 9.12. The maximum atomic E-state index is 9.12. The van der Waals surface area contributed by atoms with Gasteiger partial charge in [0.2, 0.25) is 0 Å². The number of nitrogens with one attached hydrogen (secondary N) is 1. The molecular formula is C15H31N5. The summed E-state index contributed by atoms with van der Waals surface area (Å²) < 4.78 is 0. The molecule has 1 N–H and O–H groups in total. The molecule has 1 aliphatic heterocycles. The van der Waals surface area contributed by atoms with Gasteiger partial charge in [-0.05, 0) is 34.4 Å². The molecular weight excluding hydrogens is 250 g/mol. The molecule has 5 heteroatoms. The summed E-state index contributed by atoms with van der Waals surface area (Å²) in [6, 6.07) is 2.73. The normalized spacial score (nSPS) is 19.4. The zero-order chi connectivity index (χ0) is 15.0. The van der Waals surface area contributed by atoms with Crippen LogP contribution in [0.25, 0.3) is 0 Å². The molecule has 0 aromatic heterocycles. The minimum atomic E-state index is -0.0122. The van der Waals surface area contributed by atoms with Crippen molar-refractivity contribution in [3.05, 3.63) is 0 Å². The molecule has 1 rings (SSSR count). The molecule has 0 aromatic carbocycles. The summed E-state index contributed by atoms with van der Waals surface area (Å²) in [5.41, 5.74) is 0. The molecule has 116 valence electrons. The second-order valence-corrected chi connectivity index (χ2v) is 6.28. The molecule has 1 unspecified atom stereocenters. The zero-order valence-electron chi connectivity index (χ0n) is 13.6. The van der Waals surface area contributed by atoms with Gasteiger partial charge in [0.1, 0.15) is 0 Å². The number of piperazine rings is 1. The Morgan fingerprint density at radius 1 is 1.10 bits per heavy atom. The van der Waals surface area contributed by atoms with Crippen molar-refractivity contribution in [3.8, 4) is 6.07 Å². The first-order chi connectivity index (χ1) is 9.51. The lowest BCUT2D eigenvalue weighted by Crippen LogP contribution is -2.49. The van der Waals surface area contributed by atoms with Crippen LogP contribution in [0.1, 0.15) is 20.3 Å². The molecule has 0 aliphatic carbocycles. The Morgan fingerprint density at radius 3 is 2.10 bits per heavy atom. The summed E-state index contributed by atoms with van der Waals surface area (Å²) in [4.78, 5) is 7.25. The number of likely N-dealkylation sites (N-methyl/N-ethyl adjacent to an activating group) is 1. The molecule has 1 aliphatic rings. The fourth-order valence-corrected chi connectivity index (χ4v) is 2.48. The molecule has 0 amide bonds. The monoisotopic (exact) mass is 281 g/mol. The van der Waals surface area contributed by atoms with Gasteiger partial charge in [-0.1, -0.05) is 0 Å². The fourth-order valence-electron chi connectivity index (χ4n) is 2.48. The van der Waals surface area contributed by atoms with Crippen LogP contribution in [0.15, 0.2) is 0 Å². The van der Waals surface area contributed by atoms with Crippen LogP contribution < -0.4 is 5.32 Å². The Bertz CT molecular complexity index is 289. The first-order valence-corrected chi connectivity index (χ1v) is 7.76. The summed E-state index contributed by atoms with van der Waals surface area (Å²) in [6.07, 6.45) is 0.923. The summed E-state index contributed by atoms with van der Waals surface area (Å²) in [6.45, 7) is 12.1. The van der Waals surface area contributed by atoms with Gasteiger partial charge in [0.25, 0.3) is 0 Å². The summed E-state index contributed by atoms with van der Waals surface area (Å²) in [5.74, 6) is 0. The van der Waals surface area contributed by atoms with E-state index in [1.54, 1.807) is 0 Å². The number of nitriles is 1. The zero-order valence-corrected chi connectivity index (χ0v) is 13.6. The molecule has 0 saturated carbocycles. The van der Waals surface area contributed by atoms with E-state index in [0.717, 1.165) is 52.2 Å². The molecule has 1 atom stereocenters. The number of hydrogen-bond acceptors (Lipinski definition) is 5. The van der Waals surface area contributed by atoms with E-state index in [-0.39, 0.29) is 6.04 Å². The SMILES string of the molecule is CC(C)NC(C#N)CCN1CCN(CCN(C)C)CC1. The van der Waals surface area contributed by atoms with Gasteiger partial charge < -0.3 is 9.80 Å². The molecule has 0 aromatic rings. The van der Waals surface area contributed by atoms with Gasteiger partial charge >= 0.3 is 0 Å². The third-order valence-corrected chi connectivity index (χ3v) is 3.75. The van der Waals surface area contributed by atoms with E-state index in [0.29, 0.717) is 6.04 Å². The second kappa shape index (κ2) is 9.30. The van der Waals surface area contributed by atoms with Crippen molar-refractivity contribution >= 4 is 0 Å².